The molecule has 112 valence electrons. The number of rotatable bonds is 4. The van der Waals surface area contributed by atoms with Gasteiger partial charge in [0.1, 0.15) is 5.82 Å². The standard InChI is InChI=1S/C18H25N3/c1-5-16(19)13-6-11-17(20-12-13)21-15-9-7-14(8-10-15)18(2,3)4/h6-12,16H,5,19H2,1-4H3,(H,20,21). The van der Waals surface area contributed by atoms with Gasteiger partial charge in [0, 0.05) is 17.9 Å². The van der Waals surface area contributed by atoms with Crippen LogP contribution < -0.4 is 11.1 Å². The third-order valence-electron chi connectivity index (χ3n) is 3.68. The molecular formula is C18H25N3. The van der Waals surface area contributed by atoms with Crippen LogP contribution in [0, 0.1) is 0 Å². The van der Waals surface area contributed by atoms with Gasteiger partial charge in [-0.25, -0.2) is 4.98 Å². The number of pyridine rings is 1. The van der Waals surface area contributed by atoms with Crippen molar-refractivity contribution in [3.05, 3.63) is 53.7 Å². The first-order valence-electron chi connectivity index (χ1n) is 7.49. The van der Waals surface area contributed by atoms with Gasteiger partial charge in [0.2, 0.25) is 0 Å². The van der Waals surface area contributed by atoms with Gasteiger partial charge in [-0.2, -0.15) is 0 Å². The highest BCUT2D eigenvalue weighted by Crippen LogP contribution is 2.24. The van der Waals surface area contributed by atoms with Crippen LogP contribution >= 0.6 is 0 Å². The lowest BCUT2D eigenvalue weighted by Gasteiger charge is -2.19. The molecule has 2 aromatic rings. The van der Waals surface area contributed by atoms with E-state index in [1.54, 1.807) is 0 Å². The first-order chi connectivity index (χ1) is 9.90. The average molecular weight is 283 g/mol. The minimum absolute atomic E-state index is 0.0672. The van der Waals surface area contributed by atoms with Crippen molar-refractivity contribution in [1.82, 2.24) is 4.98 Å². The quantitative estimate of drug-likeness (QED) is 0.866. The Labute approximate surface area is 127 Å². The maximum absolute atomic E-state index is 5.99. The third kappa shape index (κ3) is 4.05. The van der Waals surface area contributed by atoms with Crippen LogP contribution in [0.3, 0.4) is 0 Å². The van der Waals surface area contributed by atoms with E-state index in [1.165, 1.54) is 5.56 Å². The summed E-state index contributed by atoms with van der Waals surface area (Å²) >= 11 is 0. The Morgan fingerprint density at radius 2 is 1.76 bits per heavy atom. The molecule has 0 radical (unpaired) electrons. The average Bonchev–Trinajstić information content (AvgIpc) is 2.47. The Hall–Kier alpha value is -1.87. The highest BCUT2D eigenvalue weighted by atomic mass is 15.0. The summed E-state index contributed by atoms with van der Waals surface area (Å²) in [6.45, 7) is 8.72. The van der Waals surface area contributed by atoms with Crippen molar-refractivity contribution < 1.29 is 0 Å². The van der Waals surface area contributed by atoms with Crippen LogP contribution in [-0.2, 0) is 5.41 Å². The van der Waals surface area contributed by atoms with Crippen LogP contribution in [0.2, 0.25) is 0 Å². The van der Waals surface area contributed by atoms with E-state index in [1.807, 2.05) is 18.3 Å². The van der Waals surface area contributed by atoms with Gasteiger partial charge in [-0.1, -0.05) is 45.9 Å². The number of nitrogens with zero attached hydrogens (tertiary/aromatic N) is 1. The summed E-state index contributed by atoms with van der Waals surface area (Å²) in [6, 6.07) is 12.6. The molecule has 1 aromatic carbocycles. The van der Waals surface area contributed by atoms with Gasteiger partial charge in [0.15, 0.2) is 0 Å². The van der Waals surface area contributed by atoms with Crippen molar-refractivity contribution in [1.29, 1.82) is 0 Å². The molecule has 1 atom stereocenters. The lowest BCUT2D eigenvalue weighted by Crippen LogP contribution is -2.10. The molecule has 1 unspecified atom stereocenters. The van der Waals surface area contributed by atoms with Gasteiger partial charge in [0.25, 0.3) is 0 Å². The van der Waals surface area contributed by atoms with E-state index in [9.17, 15) is 0 Å². The van der Waals surface area contributed by atoms with Crippen LogP contribution in [0.25, 0.3) is 0 Å². The predicted octanol–water partition coefficient (Wildman–Crippen LogP) is 4.53. The minimum Gasteiger partial charge on any atom is -0.340 e. The van der Waals surface area contributed by atoms with E-state index in [0.29, 0.717) is 0 Å². The van der Waals surface area contributed by atoms with E-state index in [4.69, 9.17) is 5.73 Å². The number of hydrogen-bond acceptors (Lipinski definition) is 3. The first-order valence-corrected chi connectivity index (χ1v) is 7.49. The van der Waals surface area contributed by atoms with Crippen LogP contribution in [0.15, 0.2) is 42.6 Å². The van der Waals surface area contributed by atoms with Gasteiger partial charge in [-0.05, 0) is 41.2 Å². The molecule has 2 rings (SSSR count). The van der Waals surface area contributed by atoms with Crippen molar-refractivity contribution in [2.24, 2.45) is 5.73 Å². The van der Waals surface area contributed by atoms with Crippen LogP contribution in [0.1, 0.15) is 51.3 Å². The van der Waals surface area contributed by atoms with Gasteiger partial charge in [-0.15, -0.1) is 0 Å². The minimum atomic E-state index is 0.0672. The highest BCUT2D eigenvalue weighted by molar-refractivity contribution is 5.56. The van der Waals surface area contributed by atoms with Crippen molar-refractivity contribution in [2.45, 2.75) is 45.6 Å². The largest absolute Gasteiger partial charge is 0.340 e. The Bertz CT molecular complexity index is 565. The molecule has 0 aliphatic carbocycles. The zero-order valence-electron chi connectivity index (χ0n) is 13.4. The zero-order valence-corrected chi connectivity index (χ0v) is 13.4. The number of benzene rings is 1. The Kier molecular flexibility index (Phi) is 4.63. The molecule has 0 fully saturated rings. The lowest BCUT2D eigenvalue weighted by atomic mass is 9.87. The van der Waals surface area contributed by atoms with Crippen LogP contribution in [0.4, 0.5) is 11.5 Å². The molecule has 21 heavy (non-hydrogen) atoms. The molecule has 1 aromatic heterocycles. The van der Waals surface area contributed by atoms with Gasteiger partial charge < -0.3 is 11.1 Å². The van der Waals surface area contributed by atoms with E-state index in [-0.39, 0.29) is 11.5 Å². The smallest absolute Gasteiger partial charge is 0.130 e. The fourth-order valence-corrected chi connectivity index (χ4v) is 2.14. The number of nitrogens with one attached hydrogen (secondary N) is 1. The molecule has 0 aliphatic heterocycles. The Morgan fingerprint density at radius 1 is 1.10 bits per heavy atom. The molecule has 0 amide bonds. The maximum Gasteiger partial charge on any atom is 0.130 e. The highest BCUT2D eigenvalue weighted by Gasteiger charge is 2.12. The van der Waals surface area contributed by atoms with Crippen molar-refractivity contribution in [3.8, 4) is 0 Å². The van der Waals surface area contributed by atoms with Crippen molar-refractivity contribution >= 4 is 11.5 Å². The Balaban J connectivity index is 2.08. The fraction of sp³-hybridized carbons (Fsp3) is 0.389. The number of hydrogen-bond donors (Lipinski definition) is 2. The topological polar surface area (TPSA) is 50.9 Å². The molecule has 3 heteroatoms. The lowest BCUT2D eigenvalue weighted by molar-refractivity contribution is 0.590. The van der Waals surface area contributed by atoms with E-state index in [0.717, 1.165) is 23.5 Å². The van der Waals surface area contributed by atoms with Crippen molar-refractivity contribution in [2.75, 3.05) is 5.32 Å². The second-order valence-electron chi connectivity index (χ2n) is 6.44. The van der Waals surface area contributed by atoms with Gasteiger partial charge >= 0.3 is 0 Å². The zero-order chi connectivity index (χ0) is 15.5. The molecule has 3 nitrogen and oxygen atoms in total. The third-order valence-corrected chi connectivity index (χ3v) is 3.68. The van der Waals surface area contributed by atoms with E-state index >= 15 is 0 Å². The van der Waals surface area contributed by atoms with E-state index < -0.39 is 0 Å². The van der Waals surface area contributed by atoms with Gasteiger partial charge in [0.05, 0.1) is 0 Å². The van der Waals surface area contributed by atoms with E-state index in [2.05, 4.69) is 62.3 Å². The molecule has 0 aliphatic rings. The molecule has 0 spiro atoms. The maximum atomic E-state index is 5.99. The number of aromatic nitrogens is 1. The first kappa shape index (κ1) is 15.5. The summed E-state index contributed by atoms with van der Waals surface area (Å²) in [4.78, 5) is 4.42. The van der Waals surface area contributed by atoms with Crippen LogP contribution in [0.5, 0.6) is 0 Å². The van der Waals surface area contributed by atoms with Gasteiger partial charge in [-0.3, -0.25) is 0 Å². The summed E-state index contributed by atoms with van der Waals surface area (Å²) in [6.07, 6.45) is 2.77. The summed E-state index contributed by atoms with van der Waals surface area (Å²) in [7, 11) is 0. The normalized spacial score (nSPS) is 13.0. The fourth-order valence-electron chi connectivity index (χ4n) is 2.14. The second-order valence-corrected chi connectivity index (χ2v) is 6.44. The summed E-state index contributed by atoms with van der Waals surface area (Å²) in [5.41, 5.74) is 9.61. The SMILES string of the molecule is CCC(N)c1ccc(Nc2ccc(C(C)(C)C)cc2)nc1. The second kappa shape index (κ2) is 6.27. The predicted molar refractivity (Wildman–Crippen MR) is 89.9 cm³/mol. The number of nitrogens with two attached hydrogens (primary N) is 1. The monoisotopic (exact) mass is 283 g/mol. The molecule has 0 saturated carbocycles. The van der Waals surface area contributed by atoms with Crippen LogP contribution in [-0.4, -0.2) is 4.98 Å². The van der Waals surface area contributed by atoms with Crippen molar-refractivity contribution in [3.63, 3.8) is 0 Å². The summed E-state index contributed by atoms with van der Waals surface area (Å²) < 4.78 is 0. The Morgan fingerprint density at radius 3 is 2.24 bits per heavy atom. The number of anilines is 2. The molecular weight excluding hydrogens is 258 g/mol. The molecule has 0 bridgehead atoms. The summed E-state index contributed by atoms with van der Waals surface area (Å²) in [5.74, 6) is 0.838. The molecule has 1 heterocycles. The molecule has 0 saturated heterocycles. The molecule has 3 N–H and O–H groups in total. The summed E-state index contributed by atoms with van der Waals surface area (Å²) in [5, 5.41) is 3.31.